The molecule has 4 heteroatoms. The lowest BCUT2D eigenvalue weighted by atomic mass is 10.1. The summed E-state index contributed by atoms with van der Waals surface area (Å²) in [6.45, 7) is 0. The Morgan fingerprint density at radius 3 is 2.63 bits per heavy atom. The van der Waals surface area contributed by atoms with E-state index in [4.69, 9.17) is 0 Å². The molecule has 4 nitrogen and oxygen atoms in total. The van der Waals surface area contributed by atoms with Gasteiger partial charge < -0.3 is 10.2 Å². The van der Waals surface area contributed by atoms with Crippen LogP contribution in [0.25, 0.3) is 0 Å². The number of pyridine rings is 1. The van der Waals surface area contributed by atoms with E-state index >= 15 is 0 Å². The topological polar surface area (TPSA) is 45.2 Å². The molecule has 104 valence electrons. The van der Waals surface area contributed by atoms with Gasteiger partial charge in [-0.05, 0) is 18.9 Å². The monoisotopic (exact) mass is 261 g/mol. The summed E-state index contributed by atoms with van der Waals surface area (Å²) in [5.41, 5.74) is 1.51. The van der Waals surface area contributed by atoms with Crippen LogP contribution in [0.1, 0.15) is 48.9 Å². The maximum Gasteiger partial charge on any atom is 0.257 e. The molecule has 2 rings (SSSR count). The summed E-state index contributed by atoms with van der Waals surface area (Å²) >= 11 is 0. The average molecular weight is 261 g/mol. The van der Waals surface area contributed by atoms with Crippen LogP contribution in [0.4, 0.5) is 5.69 Å². The number of aromatic nitrogens is 1. The summed E-state index contributed by atoms with van der Waals surface area (Å²) in [5.74, 6) is 0.0735. The lowest BCUT2D eigenvalue weighted by molar-refractivity contribution is 0.0718. The standard InChI is InChI=1S/C15H23N3O/c1-16-14-9-10-17-11-13(14)15(19)18(2)12-7-5-3-4-6-8-12/h9-12H,3-8H2,1-2H3,(H,16,17). The SMILES string of the molecule is CNc1ccncc1C(=O)N(C)C1CCCCCC1. The van der Waals surface area contributed by atoms with E-state index in [-0.39, 0.29) is 5.91 Å². The Hall–Kier alpha value is -1.58. The molecule has 0 atom stereocenters. The number of carbonyl (C=O) groups is 1. The molecule has 1 aromatic rings. The highest BCUT2D eigenvalue weighted by Crippen LogP contribution is 2.23. The number of nitrogens with one attached hydrogen (secondary N) is 1. The van der Waals surface area contributed by atoms with Gasteiger partial charge in [0, 0.05) is 38.2 Å². The van der Waals surface area contributed by atoms with Crippen LogP contribution >= 0.6 is 0 Å². The zero-order chi connectivity index (χ0) is 13.7. The van der Waals surface area contributed by atoms with Crippen LogP contribution in [-0.2, 0) is 0 Å². The molecule has 19 heavy (non-hydrogen) atoms. The van der Waals surface area contributed by atoms with Crippen molar-refractivity contribution in [3.05, 3.63) is 24.0 Å². The van der Waals surface area contributed by atoms with Gasteiger partial charge in [-0.15, -0.1) is 0 Å². The molecule has 0 spiro atoms. The zero-order valence-corrected chi connectivity index (χ0v) is 11.9. The Balaban J connectivity index is 2.13. The molecule has 0 saturated heterocycles. The molecule has 1 N–H and O–H groups in total. The van der Waals surface area contributed by atoms with Crippen molar-refractivity contribution in [2.24, 2.45) is 0 Å². The third-order valence-corrected chi connectivity index (χ3v) is 4.01. The molecule has 0 radical (unpaired) electrons. The fourth-order valence-corrected chi connectivity index (χ4v) is 2.78. The van der Waals surface area contributed by atoms with Gasteiger partial charge in [-0.2, -0.15) is 0 Å². The van der Waals surface area contributed by atoms with Crippen molar-refractivity contribution >= 4 is 11.6 Å². The Bertz CT molecular complexity index is 425. The minimum atomic E-state index is 0.0735. The molecule has 1 saturated carbocycles. The zero-order valence-electron chi connectivity index (χ0n) is 11.9. The maximum absolute atomic E-state index is 12.6. The molecule has 0 aliphatic heterocycles. The summed E-state index contributed by atoms with van der Waals surface area (Å²) in [4.78, 5) is 18.6. The lowest BCUT2D eigenvalue weighted by Crippen LogP contribution is -2.37. The number of anilines is 1. The molecule has 1 heterocycles. The summed E-state index contributed by atoms with van der Waals surface area (Å²) in [5, 5.41) is 3.06. The first-order chi connectivity index (χ1) is 9.24. The van der Waals surface area contributed by atoms with E-state index in [9.17, 15) is 4.79 Å². The number of hydrogen-bond acceptors (Lipinski definition) is 3. The number of rotatable bonds is 3. The maximum atomic E-state index is 12.6. The normalized spacial score (nSPS) is 16.7. The van der Waals surface area contributed by atoms with Gasteiger partial charge in [-0.25, -0.2) is 0 Å². The highest BCUT2D eigenvalue weighted by Gasteiger charge is 2.23. The molecular formula is C15H23N3O. The van der Waals surface area contributed by atoms with Crippen LogP contribution in [0, 0.1) is 0 Å². The number of hydrogen-bond donors (Lipinski definition) is 1. The summed E-state index contributed by atoms with van der Waals surface area (Å²) in [6, 6.07) is 2.22. The van der Waals surface area contributed by atoms with Gasteiger partial charge in [0.2, 0.25) is 0 Å². The van der Waals surface area contributed by atoms with E-state index in [0.717, 1.165) is 18.5 Å². The van der Waals surface area contributed by atoms with Crippen LogP contribution in [0.2, 0.25) is 0 Å². The molecule has 1 aliphatic carbocycles. The molecule has 1 aliphatic rings. The first-order valence-corrected chi connectivity index (χ1v) is 7.13. The average Bonchev–Trinajstić information content (AvgIpc) is 2.74. The van der Waals surface area contributed by atoms with Crippen molar-refractivity contribution in [2.75, 3.05) is 19.4 Å². The second kappa shape index (κ2) is 6.55. The van der Waals surface area contributed by atoms with Crippen molar-refractivity contribution in [3.8, 4) is 0 Å². The minimum Gasteiger partial charge on any atom is -0.387 e. The third-order valence-electron chi connectivity index (χ3n) is 4.01. The molecule has 1 amide bonds. The van der Waals surface area contributed by atoms with Gasteiger partial charge in [0.25, 0.3) is 5.91 Å². The van der Waals surface area contributed by atoms with Crippen LogP contribution in [0.5, 0.6) is 0 Å². The summed E-state index contributed by atoms with van der Waals surface area (Å²) < 4.78 is 0. The Kier molecular flexibility index (Phi) is 4.77. The second-order valence-electron chi connectivity index (χ2n) is 5.23. The van der Waals surface area contributed by atoms with Crippen LogP contribution < -0.4 is 5.32 Å². The fourth-order valence-electron chi connectivity index (χ4n) is 2.78. The Morgan fingerprint density at radius 2 is 2.00 bits per heavy atom. The van der Waals surface area contributed by atoms with Crippen molar-refractivity contribution < 1.29 is 4.79 Å². The molecule has 0 aromatic carbocycles. The van der Waals surface area contributed by atoms with Crippen molar-refractivity contribution in [1.82, 2.24) is 9.88 Å². The number of amides is 1. The molecule has 1 aromatic heterocycles. The predicted molar refractivity (Wildman–Crippen MR) is 77.4 cm³/mol. The summed E-state index contributed by atoms with van der Waals surface area (Å²) in [7, 11) is 3.75. The first-order valence-electron chi connectivity index (χ1n) is 7.13. The van der Waals surface area contributed by atoms with Gasteiger partial charge in [0.05, 0.1) is 5.56 Å². The van der Waals surface area contributed by atoms with Crippen molar-refractivity contribution in [1.29, 1.82) is 0 Å². The predicted octanol–water partition coefficient (Wildman–Crippen LogP) is 2.92. The highest BCUT2D eigenvalue weighted by molar-refractivity contribution is 5.99. The van der Waals surface area contributed by atoms with E-state index < -0.39 is 0 Å². The molecule has 0 unspecified atom stereocenters. The van der Waals surface area contributed by atoms with Crippen molar-refractivity contribution in [2.45, 2.75) is 44.6 Å². The van der Waals surface area contributed by atoms with Gasteiger partial charge in [-0.3, -0.25) is 9.78 Å². The van der Waals surface area contributed by atoms with Gasteiger partial charge in [-0.1, -0.05) is 25.7 Å². The molecular weight excluding hydrogens is 238 g/mol. The van der Waals surface area contributed by atoms with Gasteiger partial charge >= 0.3 is 0 Å². The van der Waals surface area contributed by atoms with Crippen LogP contribution in [-0.4, -0.2) is 35.9 Å². The largest absolute Gasteiger partial charge is 0.387 e. The lowest BCUT2D eigenvalue weighted by Gasteiger charge is -2.27. The summed E-state index contributed by atoms with van der Waals surface area (Å²) in [6.07, 6.45) is 10.7. The van der Waals surface area contributed by atoms with Gasteiger partial charge in [0.15, 0.2) is 0 Å². The van der Waals surface area contributed by atoms with Gasteiger partial charge in [0.1, 0.15) is 0 Å². The van der Waals surface area contributed by atoms with E-state index in [1.54, 1.807) is 12.4 Å². The third kappa shape index (κ3) is 3.25. The molecule has 1 fully saturated rings. The highest BCUT2D eigenvalue weighted by atomic mass is 16.2. The smallest absolute Gasteiger partial charge is 0.257 e. The Labute approximate surface area is 115 Å². The van der Waals surface area contributed by atoms with E-state index in [0.29, 0.717) is 11.6 Å². The second-order valence-corrected chi connectivity index (χ2v) is 5.23. The van der Waals surface area contributed by atoms with Crippen LogP contribution in [0.3, 0.4) is 0 Å². The first kappa shape index (κ1) is 13.8. The van der Waals surface area contributed by atoms with E-state index in [1.165, 1.54) is 25.7 Å². The fraction of sp³-hybridized carbons (Fsp3) is 0.600. The number of nitrogens with zero attached hydrogens (tertiary/aromatic N) is 2. The van der Waals surface area contributed by atoms with E-state index in [2.05, 4.69) is 10.3 Å². The quantitative estimate of drug-likeness (QED) is 0.851. The number of carbonyl (C=O) groups excluding carboxylic acids is 1. The van der Waals surface area contributed by atoms with Crippen LogP contribution in [0.15, 0.2) is 18.5 Å². The van der Waals surface area contributed by atoms with Crippen molar-refractivity contribution in [3.63, 3.8) is 0 Å². The minimum absolute atomic E-state index is 0.0735. The molecule has 0 bridgehead atoms. The van der Waals surface area contributed by atoms with E-state index in [1.807, 2.05) is 25.1 Å². The Morgan fingerprint density at radius 1 is 1.32 bits per heavy atom.